The second-order valence-corrected chi connectivity index (χ2v) is 7.46. The number of hydrogen-bond acceptors (Lipinski definition) is 4. The predicted molar refractivity (Wildman–Crippen MR) is 101 cm³/mol. The zero-order chi connectivity index (χ0) is 20.3. The number of aliphatic hydroxyl groups is 1. The van der Waals surface area contributed by atoms with Gasteiger partial charge >= 0.3 is 6.03 Å². The lowest BCUT2D eigenvalue weighted by molar-refractivity contribution is -0.160. The van der Waals surface area contributed by atoms with Gasteiger partial charge in [-0.05, 0) is 60.1 Å². The molecule has 1 unspecified atom stereocenters. The van der Waals surface area contributed by atoms with Crippen LogP contribution in [0, 0.1) is 11.3 Å². The van der Waals surface area contributed by atoms with E-state index in [1.807, 2.05) is 6.07 Å². The molecule has 1 atom stereocenters. The number of fused-ring (bicyclic) bond motifs is 1. The lowest BCUT2D eigenvalue weighted by atomic mass is 9.78. The van der Waals surface area contributed by atoms with Crippen molar-refractivity contribution < 1.29 is 23.4 Å². The highest BCUT2D eigenvalue weighted by molar-refractivity contribution is 5.78. The highest BCUT2D eigenvalue weighted by Gasteiger charge is 2.49. The van der Waals surface area contributed by atoms with Gasteiger partial charge in [0.25, 0.3) is 5.92 Å². The molecule has 0 bridgehead atoms. The largest absolute Gasteiger partial charge is 0.383 e. The van der Waals surface area contributed by atoms with Gasteiger partial charge in [0.05, 0.1) is 6.61 Å². The second-order valence-electron chi connectivity index (χ2n) is 7.46. The molecule has 2 aliphatic rings. The van der Waals surface area contributed by atoms with Crippen molar-refractivity contribution in [3.63, 3.8) is 0 Å². The Kier molecular flexibility index (Phi) is 6.30. The average Bonchev–Trinajstić information content (AvgIpc) is 2.68. The van der Waals surface area contributed by atoms with Crippen molar-refractivity contribution in [2.24, 2.45) is 5.92 Å². The van der Waals surface area contributed by atoms with E-state index in [-0.39, 0.29) is 37.5 Å². The number of nitrogens with zero attached hydrogens (tertiary/aromatic N) is 1. The summed E-state index contributed by atoms with van der Waals surface area (Å²) in [5.41, 5.74) is 2.50. The third-order valence-corrected chi connectivity index (χ3v) is 5.78. The maximum Gasteiger partial charge on any atom is 0.317 e. The molecule has 0 aromatic heterocycles. The predicted octanol–water partition coefficient (Wildman–Crippen LogP) is 2.52. The molecule has 1 saturated heterocycles. The molecular weight excluding hydrogens is 368 g/mol. The number of hydrogen-bond donors (Lipinski definition) is 3. The van der Waals surface area contributed by atoms with Gasteiger partial charge < -0.3 is 25.5 Å². The Labute approximate surface area is 163 Å². The molecule has 1 aliphatic carbocycles. The number of likely N-dealkylation sites (tertiary alicyclic amines) is 1. The first-order chi connectivity index (χ1) is 13.4. The summed E-state index contributed by atoms with van der Waals surface area (Å²) in [5, 5.41) is 20.6. The van der Waals surface area contributed by atoms with Gasteiger partial charge in [-0.1, -0.05) is 0 Å². The number of nitrogens with one attached hydrogen (secondary N) is 2. The van der Waals surface area contributed by atoms with Crippen molar-refractivity contribution >= 4 is 12.2 Å². The van der Waals surface area contributed by atoms with Crippen LogP contribution in [-0.4, -0.2) is 61.5 Å². The lowest BCUT2D eigenvalue weighted by Gasteiger charge is -2.38. The number of piperidine rings is 1. The maximum absolute atomic E-state index is 15.1. The van der Waals surface area contributed by atoms with Crippen molar-refractivity contribution in [3.8, 4) is 0 Å². The van der Waals surface area contributed by atoms with Gasteiger partial charge in [0, 0.05) is 38.9 Å². The van der Waals surface area contributed by atoms with Crippen LogP contribution in [0.25, 0.3) is 0 Å². The van der Waals surface area contributed by atoms with E-state index >= 15 is 8.78 Å². The fraction of sp³-hybridized carbons (Fsp3) is 0.600. The minimum atomic E-state index is -3.29. The molecule has 1 fully saturated rings. The molecule has 0 spiro atoms. The Balaban J connectivity index is 1.65. The first-order valence-corrected chi connectivity index (χ1v) is 9.62. The molecule has 1 heterocycles. The topological polar surface area (TPSA) is 85.7 Å². The van der Waals surface area contributed by atoms with Crippen LogP contribution in [0.5, 0.6) is 0 Å². The number of carbonyl (C=O) groups excluding carboxylic acids is 1. The van der Waals surface area contributed by atoms with Gasteiger partial charge in [-0.25, -0.2) is 13.6 Å². The number of methoxy groups -OCH3 is 1. The van der Waals surface area contributed by atoms with Crippen LogP contribution in [0.2, 0.25) is 0 Å². The van der Waals surface area contributed by atoms with E-state index in [4.69, 9.17) is 10.1 Å². The molecule has 3 rings (SSSR count). The lowest BCUT2D eigenvalue weighted by Crippen LogP contribution is -2.49. The molecule has 154 valence electrons. The van der Waals surface area contributed by atoms with Gasteiger partial charge in [-0.2, -0.15) is 0 Å². The van der Waals surface area contributed by atoms with Crippen LogP contribution >= 0.6 is 0 Å². The maximum atomic E-state index is 15.1. The van der Waals surface area contributed by atoms with E-state index in [2.05, 4.69) is 5.32 Å². The van der Waals surface area contributed by atoms with Gasteiger partial charge in [-0.15, -0.1) is 0 Å². The molecule has 8 heteroatoms. The number of carbonyl (C=O) groups is 1. The van der Waals surface area contributed by atoms with E-state index < -0.39 is 17.9 Å². The second kappa shape index (κ2) is 8.53. The number of amides is 2. The molecule has 0 saturated carbocycles. The third kappa shape index (κ3) is 4.03. The van der Waals surface area contributed by atoms with E-state index in [0.717, 1.165) is 23.8 Å². The van der Waals surface area contributed by atoms with Crippen LogP contribution in [-0.2, 0) is 17.6 Å². The molecule has 1 aromatic rings. The number of ether oxygens (including phenoxy) is 1. The van der Waals surface area contributed by atoms with Crippen molar-refractivity contribution in [2.45, 2.75) is 37.7 Å². The smallest absolute Gasteiger partial charge is 0.317 e. The molecule has 0 radical (unpaired) electrons. The van der Waals surface area contributed by atoms with E-state index in [0.29, 0.717) is 25.1 Å². The van der Waals surface area contributed by atoms with Crippen LogP contribution < -0.4 is 5.32 Å². The minimum Gasteiger partial charge on any atom is -0.383 e. The van der Waals surface area contributed by atoms with Gasteiger partial charge in [0.15, 0.2) is 0 Å². The zero-order valence-electron chi connectivity index (χ0n) is 16.0. The van der Waals surface area contributed by atoms with Crippen LogP contribution in [0.1, 0.15) is 41.2 Å². The first kappa shape index (κ1) is 20.7. The highest BCUT2D eigenvalue weighted by atomic mass is 19.3. The summed E-state index contributed by atoms with van der Waals surface area (Å²) >= 11 is 0. The van der Waals surface area contributed by atoms with Crippen molar-refractivity contribution in [1.82, 2.24) is 10.2 Å². The summed E-state index contributed by atoms with van der Waals surface area (Å²) in [6.45, 7) is 1.22. The highest BCUT2D eigenvalue weighted by Crippen LogP contribution is 2.45. The number of alkyl halides is 2. The zero-order valence-corrected chi connectivity index (χ0v) is 16.0. The van der Waals surface area contributed by atoms with E-state index in [1.54, 1.807) is 0 Å². The van der Waals surface area contributed by atoms with E-state index in [9.17, 15) is 9.90 Å². The quantitative estimate of drug-likeness (QED) is 0.490. The summed E-state index contributed by atoms with van der Waals surface area (Å²) in [5.74, 6) is -4.28. The first-order valence-electron chi connectivity index (χ1n) is 9.62. The molecule has 3 N–H and O–H groups in total. The molecule has 28 heavy (non-hydrogen) atoms. The fourth-order valence-electron chi connectivity index (χ4n) is 3.99. The van der Waals surface area contributed by atoms with Gasteiger partial charge in [0.1, 0.15) is 6.10 Å². The Morgan fingerprint density at radius 1 is 1.43 bits per heavy atom. The van der Waals surface area contributed by atoms with Crippen molar-refractivity contribution in [1.29, 1.82) is 5.41 Å². The Hall–Kier alpha value is -2.06. The van der Waals surface area contributed by atoms with Gasteiger partial charge in [0.2, 0.25) is 0 Å². The normalized spacial score (nSPS) is 18.2. The summed E-state index contributed by atoms with van der Waals surface area (Å²) in [6.07, 6.45) is 0.957. The number of urea groups is 1. The van der Waals surface area contributed by atoms with E-state index in [1.165, 1.54) is 18.1 Å². The molecule has 2 amide bonds. The van der Waals surface area contributed by atoms with Crippen LogP contribution in [0.3, 0.4) is 0 Å². The number of benzene rings is 1. The summed E-state index contributed by atoms with van der Waals surface area (Å²) in [7, 11) is 1.54. The number of aryl methyl sites for hydroxylation is 1. The fourth-order valence-corrected chi connectivity index (χ4v) is 3.99. The summed E-state index contributed by atoms with van der Waals surface area (Å²) in [4.78, 5) is 13.6. The van der Waals surface area contributed by atoms with Gasteiger partial charge in [-0.3, -0.25) is 0 Å². The third-order valence-electron chi connectivity index (χ3n) is 5.78. The molecule has 6 nitrogen and oxygen atoms in total. The molecule has 1 aromatic carbocycles. The average molecular weight is 395 g/mol. The summed E-state index contributed by atoms with van der Waals surface area (Å²) in [6, 6.07) is 3.04. The SMILES string of the molecule is COCCNC(=O)N1CCC(C(F)(F)C(O)c2cc(C=N)cc3c2CC3)CC1. The standard InChI is InChI=1S/C20H27F2N3O3/c1-28-9-6-24-19(27)25-7-4-15(5-8-25)20(21,22)18(26)17-11-13(12-23)10-14-2-3-16(14)17/h10-12,15,18,23,26H,2-9H2,1H3,(H,24,27). The Morgan fingerprint density at radius 3 is 2.71 bits per heavy atom. The Bertz CT molecular complexity index is 734. The monoisotopic (exact) mass is 395 g/mol. The number of rotatable bonds is 7. The Morgan fingerprint density at radius 2 is 2.14 bits per heavy atom. The van der Waals surface area contributed by atoms with Crippen molar-refractivity contribution in [2.75, 3.05) is 33.4 Å². The molecule has 1 aliphatic heterocycles. The van der Waals surface area contributed by atoms with Crippen LogP contribution in [0.15, 0.2) is 12.1 Å². The van der Waals surface area contributed by atoms with Crippen LogP contribution in [0.4, 0.5) is 13.6 Å². The number of aliphatic hydroxyl groups excluding tert-OH is 1. The van der Waals surface area contributed by atoms with Crippen molar-refractivity contribution in [3.05, 3.63) is 34.4 Å². The molecular formula is C20H27F2N3O3. The minimum absolute atomic E-state index is 0.133. The summed E-state index contributed by atoms with van der Waals surface area (Å²) < 4.78 is 35.1. The number of halogens is 2.